The van der Waals surface area contributed by atoms with Gasteiger partial charge < -0.3 is 20.6 Å². The Kier molecular flexibility index (Phi) is 4.18. The van der Waals surface area contributed by atoms with E-state index in [-0.39, 0.29) is 5.56 Å². The van der Waals surface area contributed by atoms with Crippen molar-refractivity contribution in [2.45, 2.75) is 25.8 Å². The summed E-state index contributed by atoms with van der Waals surface area (Å²) in [5.74, 6) is -0.971. The first-order chi connectivity index (χ1) is 9.40. The second kappa shape index (κ2) is 5.71. The number of carbonyl (C=O) groups is 1. The monoisotopic (exact) mass is 277 g/mol. The highest BCUT2D eigenvalue weighted by molar-refractivity contribution is 5.95. The zero-order valence-corrected chi connectivity index (χ0v) is 12.4. The van der Waals surface area contributed by atoms with Crippen molar-refractivity contribution < 1.29 is 9.90 Å². The van der Waals surface area contributed by atoms with E-state index < -0.39 is 5.97 Å². The van der Waals surface area contributed by atoms with Crippen molar-refractivity contribution in [1.29, 1.82) is 0 Å². The van der Waals surface area contributed by atoms with Gasteiger partial charge in [-0.05, 0) is 51.1 Å². The summed E-state index contributed by atoms with van der Waals surface area (Å²) in [7, 11) is 4.15. The van der Waals surface area contributed by atoms with E-state index in [1.54, 1.807) is 6.07 Å². The van der Waals surface area contributed by atoms with Gasteiger partial charge in [-0.3, -0.25) is 0 Å². The Labute approximate surface area is 120 Å². The lowest BCUT2D eigenvalue weighted by atomic mass is 10.0. The highest BCUT2D eigenvalue weighted by Crippen LogP contribution is 2.27. The fourth-order valence-electron chi connectivity index (χ4n) is 2.83. The number of piperidine rings is 1. The van der Waals surface area contributed by atoms with Crippen LogP contribution >= 0.6 is 0 Å². The lowest BCUT2D eigenvalue weighted by Gasteiger charge is -2.37. The molecule has 1 atom stereocenters. The summed E-state index contributed by atoms with van der Waals surface area (Å²) < 4.78 is 0. The number of likely N-dealkylation sites (tertiary alicyclic amines) is 1. The number of nitrogens with two attached hydrogens (primary N) is 1. The number of hydrogen-bond acceptors (Lipinski definition) is 4. The number of carboxylic acid groups (broad SMARTS) is 1. The quantitative estimate of drug-likeness (QED) is 0.825. The van der Waals surface area contributed by atoms with Gasteiger partial charge >= 0.3 is 5.97 Å². The molecular weight excluding hydrogens is 254 g/mol. The van der Waals surface area contributed by atoms with E-state index in [1.807, 2.05) is 20.0 Å². The molecular formula is C15H23N3O2. The van der Waals surface area contributed by atoms with Crippen molar-refractivity contribution in [3.8, 4) is 0 Å². The van der Waals surface area contributed by atoms with Gasteiger partial charge in [-0.2, -0.15) is 0 Å². The van der Waals surface area contributed by atoms with Crippen LogP contribution in [-0.2, 0) is 0 Å². The van der Waals surface area contributed by atoms with Crippen molar-refractivity contribution >= 4 is 17.3 Å². The third-order valence-corrected chi connectivity index (χ3v) is 4.16. The molecule has 0 radical (unpaired) electrons. The highest BCUT2D eigenvalue weighted by Gasteiger charge is 2.23. The molecule has 1 aliphatic heterocycles. The minimum absolute atomic E-state index is 0.191. The lowest BCUT2D eigenvalue weighted by molar-refractivity contribution is 0.0698. The van der Waals surface area contributed by atoms with Crippen molar-refractivity contribution in [2.24, 2.45) is 0 Å². The molecule has 2 rings (SSSR count). The molecule has 1 aromatic rings. The zero-order valence-electron chi connectivity index (χ0n) is 12.4. The molecule has 1 fully saturated rings. The molecule has 0 aromatic heterocycles. The predicted molar refractivity (Wildman–Crippen MR) is 81.5 cm³/mol. The van der Waals surface area contributed by atoms with Crippen molar-refractivity contribution in [2.75, 3.05) is 37.8 Å². The van der Waals surface area contributed by atoms with Crippen LogP contribution in [0, 0.1) is 6.92 Å². The van der Waals surface area contributed by atoms with Crippen LogP contribution in [0.5, 0.6) is 0 Å². The Morgan fingerprint density at radius 1 is 1.50 bits per heavy atom. The summed E-state index contributed by atoms with van der Waals surface area (Å²) in [6, 6.07) is 4.06. The van der Waals surface area contributed by atoms with Gasteiger partial charge in [0.25, 0.3) is 0 Å². The molecule has 0 saturated carbocycles. The van der Waals surface area contributed by atoms with Crippen LogP contribution in [0.15, 0.2) is 12.1 Å². The number of aryl methyl sites for hydroxylation is 1. The van der Waals surface area contributed by atoms with Crippen LogP contribution in [0.1, 0.15) is 28.8 Å². The van der Waals surface area contributed by atoms with E-state index in [1.165, 1.54) is 6.42 Å². The van der Waals surface area contributed by atoms with Crippen molar-refractivity contribution in [3.05, 3.63) is 23.3 Å². The molecule has 1 aliphatic rings. The molecule has 1 heterocycles. The lowest BCUT2D eigenvalue weighted by Crippen LogP contribution is -2.45. The van der Waals surface area contributed by atoms with Crippen LogP contribution in [-0.4, -0.2) is 49.2 Å². The summed E-state index contributed by atoms with van der Waals surface area (Å²) in [6.45, 7) is 3.99. The smallest absolute Gasteiger partial charge is 0.337 e. The van der Waals surface area contributed by atoms with Gasteiger partial charge in [0, 0.05) is 31.0 Å². The number of hydrogen-bond donors (Lipinski definition) is 2. The van der Waals surface area contributed by atoms with Crippen LogP contribution < -0.4 is 10.6 Å². The third-order valence-electron chi connectivity index (χ3n) is 4.16. The predicted octanol–water partition coefficient (Wildman–Crippen LogP) is 1.81. The average molecular weight is 277 g/mol. The Morgan fingerprint density at radius 2 is 2.20 bits per heavy atom. The Hall–Kier alpha value is -1.75. The van der Waals surface area contributed by atoms with Crippen LogP contribution in [0.3, 0.4) is 0 Å². The van der Waals surface area contributed by atoms with Crippen molar-refractivity contribution in [3.63, 3.8) is 0 Å². The van der Waals surface area contributed by atoms with Gasteiger partial charge in [0.2, 0.25) is 0 Å². The van der Waals surface area contributed by atoms with Gasteiger partial charge in [-0.15, -0.1) is 0 Å². The second-order valence-corrected chi connectivity index (χ2v) is 5.70. The van der Waals surface area contributed by atoms with Crippen LogP contribution in [0.25, 0.3) is 0 Å². The maximum Gasteiger partial charge on any atom is 0.337 e. The highest BCUT2D eigenvalue weighted by atomic mass is 16.4. The maximum atomic E-state index is 11.3. The van der Waals surface area contributed by atoms with Gasteiger partial charge in [0.15, 0.2) is 0 Å². The minimum Gasteiger partial charge on any atom is -0.478 e. The first-order valence-electron chi connectivity index (χ1n) is 6.95. The number of nitrogen functional groups attached to an aromatic ring is 1. The SMILES string of the molecule is Cc1cc(N(C)C2CCCN(C)C2)cc(C(=O)O)c1N. The molecule has 5 heteroatoms. The summed E-state index contributed by atoms with van der Waals surface area (Å²) in [6.07, 6.45) is 2.30. The van der Waals surface area contributed by atoms with E-state index in [4.69, 9.17) is 5.73 Å². The molecule has 110 valence electrons. The average Bonchev–Trinajstić information content (AvgIpc) is 2.40. The Balaban J connectivity index is 2.30. The first kappa shape index (κ1) is 14.7. The number of nitrogens with zero attached hydrogens (tertiary/aromatic N) is 2. The maximum absolute atomic E-state index is 11.3. The molecule has 5 nitrogen and oxygen atoms in total. The molecule has 1 aromatic carbocycles. The molecule has 3 N–H and O–H groups in total. The summed E-state index contributed by atoms with van der Waals surface area (Å²) in [5.41, 5.74) is 8.13. The molecule has 0 amide bonds. The van der Waals surface area contributed by atoms with E-state index in [2.05, 4.69) is 16.8 Å². The van der Waals surface area contributed by atoms with E-state index in [9.17, 15) is 9.90 Å². The van der Waals surface area contributed by atoms with Gasteiger partial charge in [0.1, 0.15) is 0 Å². The summed E-state index contributed by atoms with van der Waals surface area (Å²) in [4.78, 5) is 15.8. The second-order valence-electron chi connectivity index (χ2n) is 5.70. The van der Waals surface area contributed by atoms with Gasteiger partial charge in [-0.25, -0.2) is 4.79 Å². The number of likely N-dealkylation sites (N-methyl/N-ethyl adjacent to an activating group) is 2. The van der Waals surface area contributed by atoms with Gasteiger partial charge in [0.05, 0.1) is 5.56 Å². The summed E-state index contributed by atoms with van der Waals surface area (Å²) >= 11 is 0. The number of aromatic carboxylic acids is 1. The molecule has 1 unspecified atom stereocenters. The fourth-order valence-corrected chi connectivity index (χ4v) is 2.83. The molecule has 0 spiro atoms. The number of anilines is 2. The third kappa shape index (κ3) is 2.88. The van der Waals surface area contributed by atoms with Crippen molar-refractivity contribution in [1.82, 2.24) is 4.90 Å². The minimum atomic E-state index is -0.971. The summed E-state index contributed by atoms with van der Waals surface area (Å²) in [5, 5.41) is 9.24. The largest absolute Gasteiger partial charge is 0.478 e. The standard InChI is InChI=1S/C15H23N3O2/c1-10-7-12(8-13(14(10)16)15(19)20)18(3)11-5-4-6-17(2)9-11/h7-8,11H,4-6,9,16H2,1-3H3,(H,19,20). The van der Waals surface area contributed by atoms with Gasteiger partial charge in [-0.1, -0.05) is 0 Å². The van der Waals surface area contributed by atoms with E-state index in [0.717, 1.165) is 30.8 Å². The topological polar surface area (TPSA) is 69.8 Å². The number of rotatable bonds is 3. The molecule has 0 bridgehead atoms. The van der Waals surface area contributed by atoms with E-state index in [0.29, 0.717) is 11.7 Å². The van der Waals surface area contributed by atoms with Crippen LogP contribution in [0.2, 0.25) is 0 Å². The zero-order chi connectivity index (χ0) is 14.9. The van der Waals surface area contributed by atoms with Crippen LogP contribution in [0.4, 0.5) is 11.4 Å². The molecule has 0 aliphatic carbocycles. The normalized spacial score (nSPS) is 19.9. The molecule has 1 saturated heterocycles. The Morgan fingerprint density at radius 3 is 2.80 bits per heavy atom. The number of benzene rings is 1. The Bertz CT molecular complexity index is 516. The molecule has 20 heavy (non-hydrogen) atoms. The fraction of sp³-hybridized carbons (Fsp3) is 0.533. The van der Waals surface area contributed by atoms with E-state index >= 15 is 0 Å². The first-order valence-corrected chi connectivity index (χ1v) is 6.95. The number of carboxylic acids is 1.